The molecule has 1 N–H and O–H groups in total. The lowest BCUT2D eigenvalue weighted by Crippen LogP contribution is -1.94. The van der Waals surface area contributed by atoms with Crippen LogP contribution in [0, 0.1) is 0 Å². The number of aliphatic imine (C=N–C) groups is 1. The number of aromatic nitrogens is 1. The average molecular weight is 305 g/mol. The van der Waals surface area contributed by atoms with Crippen LogP contribution in [0.15, 0.2) is 52.1 Å². The molecule has 0 aliphatic carbocycles. The van der Waals surface area contributed by atoms with E-state index in [1.165, 1.54) is 12.1 Å². The predicted octanol–water partition coefficient (Wildman–Crippen LogP) is 3.29. The Hall–Kier alpha value is -2.01. The number of rotatable bonds is 3. The molecule has 0 aliphatic rings. The van der Waals surface area contributed by atoms with E-state index in [0.29, 0.717) is 11.4 Å². The monoisotopic (exact) mass is 304 g/mol. The largest absolute Gasteiger partial charge is 0.478 e. The highest BCUT2D eigenvalue weighted by Crippen LogP contribution is 2.14. The molecular weight excluding hydrogens is 296 g/mol. The number of hydrogen-bond donors (Lipinski definition) is 1. The number of carbonyl (C=O) groups is 1. The molecule has 0 fully saturated rings. The molecule has 0 atom stereocenters. The van der Waals surface area contributed by atoms with Crippen LogP contribution in [0.3, 0.4) is 0 Å². The fraction of sp³-hybridized carbons (Fsp3) is 0. The molecule has 18 heavy (non-hydrogen) atoms. The summed E-state index contributed by atoms with van der Waals surface area (Å²) in [6, 6.07) is 11.9. The minimum atomic E-state index is -0.965. The van der Waals surface area contributed by atoms with Gasteiger partial charge >= 0.3 is 5.97 Å². The van der Waals surface area contributed by atoms with Crippen LogP contribution in [-0.2, 0) is 0 Å². The lowest BCUT2D eigenvalue weighted by molar-refractivity contribution is 0.0697. The predicted molar refractivity (Wildman–Crippen MR) is 72.6 cm³/mol. The van der Waals surface area contributed by atoms with Crippen molar-refractivity contribution in [2.45, 2.75) is 0 Å². The third-order valence-electron chi connectivity index (χ3n) is 2.18. The number of hydrogen-bond acceptors (Lipinski definition) is 3. The number of carboxylic acids is 1. The van der Waals surface area contributed by atoms with Crippen LogP contribution in [0.2, 0.25) is 0 Å². The summed E-state index contributed by atoms with van der Waals surface area (Å²) in [6.45, 7) is 0. The first-order valence-electron chi connectivity index (χ1n) is 5.15. The molecule has 4 nitrogen and oxygen atoms in total. The zero-order chi connectivity index (χ0) is 13.0. The number of pyridine rings is 1. The van der Waals surface area contributed by atoms with Crippen LogP contribution in [0.25, 0.3) is 0 Å². The molecule has 1 aromatic heterocycles. The first-order valence-corrected chi connectivity index (χ1v) is 5.94. The molecule has 2 rings (SSSR count). The maximum Gasteiger partial charge on any atom is 0.335 e. The fourth-order valence-electron chi connectivity index (χ4n) is 1.36. The second-order valence-electron chi connectivity index (χ2n) is 3.50. The molecule has 5 heteroatoms. The Labute approximate surface area is 112 Å². The third-order valence-corrected chi connectivity index (χ3v) is 2.62. The van der Waals surface area contributed by atoms with Crippen LogP contribution < -0.4 is 0 Å². The van der Waals surface area contributed by atoms with Crippen molar-refractivity contribution in [1.82, 2.24) is 4.98 Å². The second-order valence-corrected chi connectivity index (χ2v) is 4.31. The summed E-state index contributed by atoms with van der Waals surface area (Å²) in [5, 5.41) is 8.86. The standard InChI is InChI=1S/C13H9BrN2O2/c14-12-6-2-5-11(16-12)8-15-10-4-1-3-9(7-10)13(17)18/h1-8H,(H,17,18). The molecule has 0 bridgehead atoms. The Bertz CT molecular complexity index is 611. The highest BCUT2D eigenvalue weighted by molar-refractivity contribution is 9.10. The van der Waals surface area contributed by atoms with E-state index in [2.05, 4.69) is 25.9 Å². The van der Waals surface area contributed by atoms with Gasteiger partial charge in [0.05, 0.1) is 23.2 Å². The van der Waals surface area contributed by atoms with Gasteiger partial charge in [-0.15, -0.1) is 0 Å². The van der Waals surface area contributed by atoms with Gasteiger partial charge in [-0.3, -0.25) is 4.99 Å². The van der Waals surface area contributed by atoms with Crippen molar-refractivity contribution in [3.05, 3.63) is 58.3 Å². The fourth-order valence-corrected chi connectivity index (χ4v) is 1.71. The van der Waals surface area contributed by atoms with Gasteiger partial charge in [-0.1, -0.05) is 12.1 Å². The van der Waals surface area contributed by atoms with Gasteiger partial charge in [0.25, 0.3) is 0 Å². The van der Waals surface area contributed by atoms with Gasteiger partial charge in [0.2, 0.25) is 0 Å². The van der Waals surface area contributed by atoms with E-state index in [4.69, 9.17) is 5.11 Å². The van der Waals surface area contributed by atoms with Crippen molar-refractivity contribution < 1.29 is 9.90 Å². The lowest BCUT2D eigenvalue weighted by Gasteiger charge is -1.97. The zero-order valence-corrected chi connectivity index (χ0v) is 10.8. The van der Waals surface area contributed by atoms with Crippen LogP contribution in [-0.4, -0.2) is 22.3 Å². The summed E-state index contributed by atoms with van der Waals surface area (Å²) in [6.07, 6.45) is 1.59. The normalized spacial score (nSPS) is 10.7. The second kappa shape index (κ2) is 5.55. The van der Waals surface area contributed by atoms with Crippen LogP contribution in [0.5, 0.6) is 0 Å². The van der Waals surface area contributed by atoms with E-state index in [0.717, 1.165) is 4.60 Å². The first-order chi connectivity index (χ1) is 8.65. The molecule has 0 spiro atoms. The van der Waals surface area contributed by atoms with E-state index < -0.39 is 5.97 Å². The van der Waals surface area contributed by atoms with E-state index in [9.17, 15) is 4.79 Å². The number of carboxylic acid groups (broad SMARTS) is 1. The molecule has 90 valence electrons. The molecule has 0 unspecified atom stereocenters. The Morgan fingerprint density at radius 1 is 1.28 bits per heavy atom. The van der Waals surface area contributed by atoms with Crippen molar-refractivity contribution in [1.29, 1.82) is 0 Å². The Morgan fingerprint density at radius 3 is 2.78 bits per heavy atom. The van der Waals surface area contributed by atoms with Crippen molar-refractivity contribution in [2.75, 3.05) is 0 Å². The van der Waals surface area contributed by atoms with E-state index >= 15 is 0 Å². The maximum absolute atomic E-state index is 10.8. The SMILES string of the molecule is O=C(O)c1cccc(N=Cc2cccc(Br)n2)c1. The molecule has 0 saturated carbocycles. The maximum atomic E-state index is 10.8. The summed E-state index contributed by atoms with van der Waals surface area (Å²) in [4.78, 5) is 19.2. The number of aromatic carboxylic acids is 1. The van der Waals surface area contributed by atoms with Crippen molar-refractivity contribution in [3.8, 4) is 0 Å². The van der Waals surface area contributed by atoms with Gasteiger partial charge in [-0.25, -0.2) is 9.78 Å². The highest BCUT2D eigenvalue weighted by atomic mass is 79.9. The average Bonchev–Trinajstić information content (AvgIpc) is 2.37. The van der Waals surface area contributed by atoms with Crippen LogP contribution in [0.1, 0.15) is 16.1 Å². The van der Waals surface area contributed by atoms with Crippen molar-refractivity contribution in [2.24, 2.45) is 4.99 Å². The highest BCUT2D eigenvalue weighted by Gasteiger charge is 2.01. The minimum Gasteiger partial charge on any atom is -0.478 e. The molecule has 0 amide bonds. The molecule has 2 aromatic rings. The number of halogens is 1. The smallest absolute Gasteiger partial charge is 0.335 e. The van der Waals surface area contributed by atoms with E-state index in [-0.39, 0.29) is 5.56 Å². The summed E-state index contributed by atoms with van der Waals surface area (Å²) in [7, 11) is 0. The Kier molecular flexibility index (Phi) is 3.84. The van der Waals surface area contributed by atoms with Crippen LogP contribution >= 0.6 is 15.9 Å². The van der Waals surface area contributed by atoms with Crippen molar-refractivity contribution >= 4 is 33.8 Å². The van der Waals surface area contributed by atoms with Gasteiger partial charge in [0.15, 0.2) is 0 Å². The Balaban J connectivity index is 2.23. The minimum absolute atomic E-state index is 0.215. The molecule has 1 aromatic carbocycles. The molecular formula is C13H9BrN2O2. The number of nitrogens with zero attached hydrogens (tertiary/aromatic N) is 2. The third kappa shape index (κ3) is 3.24. The van der Waals surface area contributed by atoms with Gasteiger partial charge in [-0.2, -0.15) is 0 Å². The summed E-state index contributed by atoms with van der Waals surface area (Å²) in [5.41, 5.74) is 1.49. The first kappa shape index (κ1) is 12.4. The topological polar surface area (TPSA) is 62.5 Å². The van der Waals surface area contributed by atoms with Gasteiger partial charge in [-0.05, 0) is 46.3 Å². The molecule has 0 aliphatic heterocycles. The summed E-state index contributed by atoms with van der Waals surface area (Å²) >= 11 is 3.27. The molecule has 1 heterocycles. The van der Waals surface area contributed by atoms with Crippen molar-refractivity contribution in [3.63, 3.8) is 0 Å². The van der Waals surface area contributed by atoms with Gasteiger partial charge in [0, 0.05) is 0 Å². The summed E-state index contributed by atoms with van der Waals surface area (Å²) in [5.74, 6) is -0.965. The molecule has 0 radical (unpaired) electrons. The number of benzene rings is 1. The van der Waals surface area contributed by atoms with E-state index in [1.807, 2.05) is 18.2 Å². The van der Waals surface area contributed by atoms with Crippen LogP contribution in [0.4, 0.5) is 5.69 Å². The summed E-state index contributed by atoms with van der Waals surface area (Å²) < 4.78 is 0.728. The lowest BCUT2D eigenvalue weighted by atomic mass is 10.2. The zero-order valence-electron chi connectivity index (χ0n) is 9.25. The van der Waals surface area contributed by atoms with Gasteiger partial charge < -0.3 is 5.11 Å². The van der Waals surface area contributed by atoms with Gasteiger partial charge in [0.1, 0.15) is 4.60 Å². The van der Waals surface area contributed by atoms with E-state index in [1.54, 1.807) is 18.3 Å². The quantitative estimate of drug-likeness (QED) is 0.699. The molecule has 0 saturated heterocycles. The Morgan fingerprint density at radius 2 is 2.06 bits per heavy atom.